The number of oxazole rings is 1. The van der Waals surface area contributed by atoms with Crippen molar-refractivity contribution < 1.29 is 18.7 Å². The van der Waals surface area contributed by atoms with Gasteiger partial charge in [0.1, 0.15) is 11.3 Å². The van der Waals surface area contributed by atoms with Crippen molar-refractivity contribution in [1.82, 2.24) is 4.98 Å². The van der Waals surface area contributed by atoms with Crippen LogP contribution in [0.5, 0.6) is 0 Å². The number of fused-ring (bicyclic) bond motifs is 1. The number of halogens is 1. The molecule has 20 heavy (non-hydrogen) atoms. The van der Waals surface area contributed by atoms with E-state index in [1.807, 2.05) is 0 Å². The molecule has 0 bridgehead atoms. The summed E-state index contributed by atoms with van der Waals surface area (Å²) in [5, 5.41) is 9.84. The van der Waals surface area contributed by atoms with E-state index in [9.17, 15) is 4.79 Å². The SMILES string of the molecule is O=C(O)c1ccc(CSc2nc3cc(Cl)ccc3o2)o1. The number of carboxylic acids is 1. The van der Waals surface area contributed by atoms with E-state index in [-0.39, 0.29) is 5.76 Å². The highest BCUT2D eigenvalue weighted by atomic mass is 35.5. The van der Waals surface area contributed by atoms with E-state index in [1.54, 1.807) is 24.3 Å². The van der Waals surface area contributed by atoms with Crippen LogP contribution in [0.15, 0.2) is 44.4 Å². The van der Waals surface area contributed by atoms with E-state index in [2.05, 4.69) is 4.98 Å². The molecule has 0 atom stereocenters. The lowest BCUT2D eigenvalue weighted by molar-refractivity contribution is 0.0661. The second kappa shape index (κ2) is 5.22. The van der Waals surface area contributed by atoms with Gasteiger partial charge in [-0.2, -0.15) is 0 Å². The first kappa shape index (κ1) is 13.1. The molecule has 0 amide bonds. The lowest BCUT2D eigenvalue weighted by atomic mass is 10.3. The highest BCUT2D eigenvalue weighted by Crippen LogP contribution is 2.28. The molecule has 2 aromatic heterocycles. The molecular weight excluding hydrogens is 302 g/mol. The van der Waals surface area contributed by atoms with Crippen LogP contribution in [0.2, 0.25) is 5.02 Å². The standard InChI is InChI=1S/C13H8ClNO4S/c14-7-1-3-10-9(5-7)15-13(19-10)20-6-8-2-4-11(18-8)12(16)17/h1-5H,6H2,(H,16,17). The molecule has 2 heterocycles. The van der Waals surface area contributed by atoms with Gasteiger partial charge in [-0.05, 0) is 30.3 Å². The average Bonchev–Trinajstić information content (AvgIpc) is 3.01. The number of rotatable bonds is 4. The normalized spacial score (nSPS) is 11.1. The summed E-state index contributed by atoms with van der Waals surface area (Å²) in [5.41, 5.74) is 1.34. The third-order valence-electron chi connectivity index (χ3n) is 2.54. The Balaban J connectivity index is 1.74. The number of benzene rings is 1. The Kier molecular flexibility index (Phi) is 3.42. The van der Waals surface area contributed by atoms with Crippen LogP contribution in [-0.2, 0) is 5.75 Å². The molecule has 3 rings (SSSR count). The van der Waals surface area contributed by atoms with Crippen molar-refractivity contribution in [3.05, 3.63) is 46.9 Å². The second-order valence-corrected chi connectivity index (χ2v) is 5.31. The van der Waals surface area contributed by atoms with Crippen LogP contribution in [0.1, 0.15) is 16.3 Å². The summed E-state index contributed by atoms with van der Waals surface area (Å²) >= 11 is 7.20. The van der Waals surface area contributed by atoms with E-state index in [4.69, 9.17) is 25.5 Å². The summed E-state index contributed by atoms with van der Waals surface area (Å²) in [7, 11) is 0. The predicted molar refractivity (Wildman–Crippen MR) is 74.2 cm³/mol. The molecular formula is C13H8ClNO4S. The topological polar surface area (TPSA) is 76.5 Å². The Morgan fingerprint density at radius 1 is 1.30 bits per heavy atom. The van der Waals surface area contributed by atoms with Crippen LogP contribution >= 0.6 is 23.4 Å². The van der Waals surface area contributed by atoms with Crippen molar-refractivity contribution in [3.63, 3.8) is 0 Å². The van der Waals surface area contributed by atoms with Crippen molar-refractivity contribution in [2.24, 2.45) is 0 Å². The minimum atomic E-state index is -1.09. The molecule has 7 heteroatoms. The number of carbonyl (C=O) groups is 1. The molecule has 0 fully saturated rings. The number of nitrogens with zero attached hydrogens (tertiary/aromatic N) is 1. The van der Waals surface area contributed by atoms with Gasteiger partial charge >= 0.3 is 5.97 Å². The predicted octanol–water partition coefficient (Wildman–Crippen LogP) is 4.06. The van der Waals surface area contributed by atoms with Gasteiger partial charge in [-0.1, -0.05) is 23.4 Å². The largest absolute Gasteiger partial charge is 0.475 e. The molecule has 102 valence electrons. The summed E-state index contributed by atoms with van der Waals surface area (Å²) in [6.45, 7) is 0. The number of thioether (sulfide) groups is 1. The number of hydrogen-bond acceptors (Lipinski definition) is 5. The number of furan rings is 1. The molecule has 0 saturated heterocycles. The van der Waals surface area contributed by atoms with Gasteiger partial charge in [0.2, 0.25) is 5.76 Å². The second-order valence-electron chi connectivity index (χ2n) is 3.95. The van der Waals surface area contributed by atoms with E-state index in [0.29, 0.717) is 32.9 Å². The van der Waals surface area contributed by atoms with E-state index < -0.39 is 5.97 Å². The molecule has 0 aliphatic carbocycles. The Labute approximate surface area is 122 Å². The minimum absolute atomic E-state index is 0.0788. The monoisotopic (exact) mass is 309 g/mol. The maximum atomic E-state index is 10.7. The summed E-state index contributed by atoms with van der Waals surface area (Å²) in [5.74, 6) is -0.177. The highest BCUT2D eigenvalue weighted by molar-refractivity contribution is 7.98. The van der Waals surface area contributed by atoms with Crippen molar-refractivity contribution in [2.45, 2.75) is 11.0 Å². The van der Waals surface area contributed by atoms with Crippen LogP contribution in [0.4, 0.5) is 0 Å². The molecule has 3 aromatic rings. The fourth-order valence-electron chi connectivity index (χ4n) is 1.64. The zero-order valence-corrected chi connectivity index (χ0v) is 11.6. The van der Waals surface area contributed by atoms with Crippen LogP contribution in [0, 0.1) is 0 Å². The Morgan fingerprint density at radius 3 is 2.90 bits per heavy atom. The molecule has 1 N–H and O–H groups in total. The van der Waals surface area contributed by atoms with Crippen molar-refractivity contribution in [1.29, 1.82) is 0 Å². The van der Waals surface area contributed by atoms with Gasteiger partial charge in [0.15, 0.2) is 5.58 Å². The van der Waals surface area contributed by atoms with Gasteiger partial charge in [-0.15, -0.1) is 0 Å². The van der Waals surface area contributed by atoms with Gasteiger partial charge in [0.25, 0.3) is 5.22 Å². The van der Waals surface area contributed by atoms with Gasteiger partial charge in [0.05, 0.1) is 5.75 Å². The van der Waals surface area contributed by atoms with Gasteiger partial charge < -0.3 is 13.9 Å². The lowest BCUT2D eigenvalue weighted by Crippen LogP contribution is -1.91. The molecule has 0 unspecified atom stereocenters. The van der Waals surface area contributed by atoms with Gasteiger partial charge in [0, 0.05) is 5.02 Å². The first-order valence-electron chi connectivity index (χ1n) is 5.63. The summed E-state index contributed by atoms with van der Waals surface area (Å²) in [4.78, 5) is 15.0. The maximum absolute atomic E-state index is 10.7. The van der Waals surface area contributed by atoms with Crippen molar-refractivity contribution in [3.8, 4) is 0 Å². The fraction of sp³-hybridized carbons (Fsp3) is 0.0769. The molecule has 0 spiro atoms. The first-order chi connectivity index (χ1) is 9.61. The number of carboxylic acid groups (broad SMARTS) is 1. The molecule has 0 radical (unpaired) electrons. The molecule has 0 saturated carbocycles. The van der Waals surface area contributed by atoms with Crippen LogP contribution < -0.4 is 0 Å². The van der Waals surface area contributed by atoms with E-state index in [0.717, 1.165) is 0 Å². The summed E-state index contributed by atoms with van der Waals surface area (Å²) < 4.78 is 10.7. The molecule has 1 aromatic carbocycles. The average molecular weight is 310 g/mol. The Morgan fingerprint density at radius 2 is 2.15 bits per heavy atom. The smallest absolute Gasteiger partial charge is 0.371 e. The Bertz CT molecular complexity index is 780. The van der Waals surface area contributed by atoms with Gasteiger partial charge in [-0.25, -0.2) is 9.78 Å². The van der Waals surface area contributed by atoms with Crippen LogP contribution in [0.3, 0.4) is 0 Å². The van der Waals surface area contributed by atoms with Gasteiger partial charge in [-0.3, -0.25) is 0 Å². The Hall–Kier alpha value is -1.92. The summed E-state index contributed by atoms with van der Waals surface area (Å²) in [6.07, 6.45) is 0. The van der Waals surface area contributed by atoms with E-state index >= 15 is 0 Å². The number of hydrogen-bond donors (Lipinski definition) is 1. The quantitative estimate of drug-likeness (QED) is 0.732. The lowest BCUT2D eigenvalue weighted by Gasteiger charge is -1.92. The third-order valence-corrected chi connectivity index (χ3v) is 3.63. The molecule has 5 nitrogen and oxygen atoms in total. The van der Waals surface area contributed by atoms with E-state index in [1.165, 1.54) is 17.8 Å². The fourth-order valence-corrected chi connectivity index (χ4v) is 2.54. The van der Waals surface area contributed by atoms with Crippen molar-refractivity contribution in [2.75, 3.05) is 0 Å². The molecule has 0 aliphatic heterocycles. The van der Waals surface area contributed by atoms with Crippen LogP contribution in [-0.4, -0.2) is 16.1 Å². The number of aromatic carboxylic acids is 1. The third kappa shape index (κ3) is 2.66. The minimum Gasteiger partial charge on any atom is -0.475 e. The number of aromatic nitrogens is 1. The first-order valence-corrected chi connectivity index (χ1v) is 6.99. The zero-order valence-electron chi connectivity index (χ0n) is 10.00. The summed E-state index contributed by atoms with van der Waals surface area (Å²) in [6, 6.07) is 8.25. The van der Waals surface area contributed by atoms with Crippen molar-refractivity contribution >= 4 is 40.4 Å². The maximum Gasteiger partial charge on any atom is 0.371 e. The zero-order chi connectivity index (χ0) is 14.1. The van der Waals surface area contributed by atoms with Crippen LogP contribution in [0.25, 0.3) is 11.1 Å². The molecule has 0 aliphatic rings. The highest BCUT2D eigenvalue weighted by Gasteiger charge is 2.11.